The molecule has 0 aliphatic heterocycles. The lowest BCUT2D eigenvalue weighted by molar-refractivity contribution is 0.415. The summed E-state index contributed by atoms with van der Waals surface area (Å²) >= 11 is 0. The average molecular weight is 393 g/mol. The van der Waals surface area contributed by atoms with Gasteiger partial charge in [-0.25, -0.2) is 4.98 Å². The van der Waals surface area contributed by atoms with Crippen LogP contribution < -0.4 is 4.74 Å². The van der Waals surface area contributed by atoms with Crippen LogP contribution in [0.5, 0.6) is 5.75 Å². The van der Waals surface area contributed by atoms with Crippen molar-refractivity contribution >= 4 is 10.9 Å². The lowest BCUT2D eigenvalue weighted by Gasteiger charge is -2.04. The van der Waals surface area contributed by atoms with E-state index in [1.54, 1.807) is 7.11 Å². The Hall–Kier alpha value is -3.79. The van der Waals surface area contributed by atoms with Crippen molar-refractivity contribution in [2.75, 3.05) is 7.11 Å². The molecule has 0 radical (unpaired) electrons. The fourth-order valence-corrected chi connectivity index (χ4v) is 3.83. The molecule has 2 N–H and O–H groups in total. The molecule has 0 saturated carbocycles. The summed E-state index contributed by atoms with van der Waals surface area (Å²) in [6.07, 6.45) is 2.05. The smallest absolute Gasteiger partial charge is 0.138 e. The first kappa shape index (κ1) is 18.3. The number of aryl methyl sites for hydroxylation is 2. The van der Waals surface area contributed by atoms with Crippen LogP contribution in [0.4, 0.5) is 0 Å². The summed E-state index contributed by atoms with van der Waals surface area (Å²) < 4.78 is 5.33. The first-order chi connectivity index (χ1) is 14.6. The van der Waals surface area contributed by atoms with Crippen molar-refractivity contribution in [1.29, 1.82) is 0 Å². The second-order valence-corrected chi connectivity index (χ2v) is 7.58. The van der Waals surface area contributed by atoms with E-state index < -0.39 is 0 Å². The van der Waals surface area contributed by atoms with Crippen molar-refractivity contribution in [2.45, 2.75) is 13.8 Å². The summed E-state index contributed by atoms with van der Waals surface area (Å²) in [5.74, 6) is 1.70. The van der Waals surface area contributed by atoms with Crippen molar-refractivity contribution < 1.29 is 4.74 Å². The van der Waals surface area contributed by atoms with Gasteiger partial charge < -0.3 is 14.7 Å². The monoisotopic (exact) mass is 393 g/mol. The molecule has 4 heteroatoms. The molecular weight excluding hydrogens is 370 g/mol. The maximum atomic E-state index is 5.33. The molecule has 0 saturated heterocycles. The number of nitrogens with zero attached hydrogens (tertiary/aromatic N) is 1. The Balaban J connectivity index is 1.72. The standard InChI is InChI=1S/C26H23N3O/c1-16-8-9-19(14-17(16)2)26-28-24(18-10-12-20(30-3)13-11-18)25(29-26)22-15-27-23-7-5-4-6-21(22)23/h4-15,27H,1-3H3,(H,28,29). The lowest BCUT2D eigenvalue weighted by atomic mass is 10.0. The van der Waals surface area contributed by atoms with Crippen LogP contribution in [0.15, 0.2) is 72.9 Å². The van der Waals surface area contributed by atoms with Gasteiger partial charge in [-0.15, -0.1) is 0 Å². The van der Waals surface area contributed by atoms with E-state index in [0.717, 1.165) is 45.2 Å². The molecule has 30 heavy (non-hydrogen) atoms. The number of rotatable bonds is 4. The molecule has 0 aliphatic carbocycles. The molecule has 0 aliphatic rings. The topological polar surface area (TPSA) is 53.7 Å². The fraction of sp³-hybridized carbons (Fsp3) is 0.115. The number of para-hydroxylation sites is 1. The second-order valence-electron chi connectivity index (χ2n) is 7.58. The minimum absolute atomic E-state index is 0.831. The van der Waals surface area contributed by atoms with Crippen molar-refractivity contribution in [1.82, 2.24) is 15.0 Å². The minimum Gasteiger partial charge on any atom is -0.497 e. The highest BCUT2D eigenvalue weighted by atomic mass is 16.5. The van der Waals surface area contributed by atoms with E-state index in [1.165, 1.54) is 16.5 Å². The average Bonchev–Trinajstić information content (AvgIpc) is 3.40. The first-order valence-corrected chi connectivity index (χ1v) is 10.0. The van der Waals surface area contributed by atoms with Crippen LogP contribution >= 0.6 is 0 Å². The van der Waals surface area contributed by atoms with E-state index in [9.17, 15) is 0 Å². The summed E-state index contributed by atoms with van der Waals surface area (Å²) in [5.41, 5.74) is 8.80. The Morgan fingerprint density at radius 1 is 0.833 bits per heavy atom. The summed E-state index contributed by atoms with van der Waals surface area (Å²) in [7, 11) is 1.68. The zero-order chi connectivity index (χ0) is 20.7. The van der Waals surface area contributed by atoms with Gasteiger partial charge in [-0.05, 0) is 61.4 Å². The Labute approximate surface area is 175 Å². The molecule has 148 valence electrons. The van der Waals surface area contributed by atoms with Gasteiger partial charge in [-0.2, -0.15) is 0 Å². The number of hydrogen-bond acceptors (Lipinski definition) is 2. The Morgan fingerprint density at radius 3 is 2.37 bits per heavy atom. The molecule has 3 aromatic carbocycles. The number of nitrogens with one attached hydrogen (secondary N) is 2. The largest absolute Gasteiger partial charge is 0.497 e. The van der Waals surface area contributed by atoms with E-state index in [2.05, 4.69) is 78.5 Å². The first-order valence-electron chi connectivity index (χ1n) is 10.0. The third-order valence-electron chi connectivity index (χ3n) is 5.71. The quantitative estimate of drug-likeness (QED) is 0.365. The number of hydrogen-bond donors (Lipinski definition) is 2. The molecule has 2 aromatic heterocycles. The SMILES string of the molecule is COc1ccc(-c2nc(-c3ccc(C)c(C)c3)[nH]c2-c2c[nH]c3ccccc23)cc1. The number of ether oxygens (including phenoxy) is 1. The van der Waals surface area contributed by atoms with Gasteiger partial charge >= 0.3 is 0 Å². The van der Waals surface area contributed by atoms with Crippen LogP contribution in [-0.2, 0) is 0 Å². The minimum atomic E-state index is 0.831. The normalized spacial score (nSPS) is 11.2. The number of aromatic amines is 2. The highest BCUT2D eigenvalue weighted by molar-refractivity contribution is 5.98. The van der Waals surface area contributed by atoms with Gasteiger partial charge in [0.25, 0.3) is 0 Å². The molecule has 4 nitrogen and oxygen atoms in total. The predicted octanol–water partition coefficient (Wildman–Crippen LogP) is 6.52. The van der Waals surface area contributed by atoms with E-state index in [4.69, 9.17) is 9.72 Å². The lowest BCUT2D eigenvalue weighted by Crippen LogP contribution is -1.86. The molecule has 0 bridgehead atoms. The molecule has 0 spiro atoms. The zero-order valence-corrected chi connectivity index (χ0v) is 17.3. The molecule has 5 rings (SSSR count). The van der Waals surface area contributed by atoms with Gasteiger partial charge in [0.05, 0.1) is 18.5 Å². The zero-order valence-electron chi connectivity index (χ0n) is 17.3. The van der Waals surface area contributed by atoms with Crippen molar-refractivity contribution in [2.24, 2.45) is 0 Å². The van der Waals surface area contributed by atoms with E-state index >= 15 is 0 Å². The van der Waals surface area contributed by atoms with E-state index in [-0.39, 0.29) is 0 Å². The summed E-state index contributed by atoms with van der Waals surface area (Å²) in [6.45, 7) is 4.26. The van der Waals surface area contributed by atoms with Crippen molar-refractivity contribution in [3.63, 3.8) is 0 Å². The van der Waals surface area contributed by atoms with Gasteiger partial charge in [-0.3, -0.25) is 0 Å². The molecule has 5 aromatic rings. The molecule has 2 heterocycles. The molecule has 0 amide bonds. The van der Waals surface area contributed by atoms with Gasteiger partial charge in [0.1, 0.15) is 11.6 Å². The number of aromatic nitrogens is 3. The van der Waals surface area contributed by atoms with Crippen LogP contribution in [0, 0.1) is 13.8 Å². The van der Waals surface area contributed by atoms with Crippen molar-refractivity contribution in [3.8, 4) is 39.7 Å². The van der Waals surface area contributed by atoms with Crippen LogP contribution in [0.1, 0.15) is 11.1 Å². The second kappa shape index (κ2) is 7.23. The van der Waals surface area contributed by atoms with Crippen LogP contribution in [0.2, 0.25) is 0 Å². The highest BCUT2D eigenvalue weighted by Crippen LogP contribution is 2.37. The van der Waals surface area contributed by atoms with Crippen LogP contribution in [0.25, 0.3) is 44.8 Å². The molecular formula is C26H23N3O. The van der Waals surface area contributed by atoms with E-state index in [0.29, 0.717) is 0 Å². The van der Waals surface area contributed by atoms with Crippen LogP contribution in [0.3, 0.4) is 0 Å². The summed E-state index contributed by atoms with van der Waals surface area (Å²) in [6, 6.07) is 22.8. The van der Waals surface area contributed by atoms with Crippen molar-refractivity contribution in [3.05, 3.63) is 84.1 Å². The Kier molecular flexibility index (Phi) is 4.40. The number of methoxy groups -OCH3 is 1. The van der Waals surface area contributed by atoms with Gasteiger partial charge in [0.15, 0.2) is 0 Å². The molecule has 0 unspecified atom stereocenters. The molecule has 0 atom stereocenters. The predicted molar refractivity (Wildman–Crippen MR) is 123 cm³/mol. The summed E-state index contributed by atoms with van der Waals surface area (Å²) in [5, 5.41) is 1.17. The Morgan fingerprint density at radius 2 is 1.60 bits per heavy atom. The maximum Gasteiger partial charge on any atom is 0.138 e. The van der Waals surface area contributed by atoms with Crippen LogP contribution in [-0.4, -0.2) is 22.1 Å². The third kappa shape index (κ3) is 3.07. The number of benzene rings is 3. The fourth-order valence-electron chi connectivity index (χ4n) is 3.83. The summed E-state index contributed by atoms with van der Waals surface area (Å²) in [4.78, 5) is 12.0. The Bertz CT molecular complexity index is 1340. The van der Waals surface area contributed by atoms with Gasteiger partial charge in [0.2, 0.25) is 0 Å². The van der Waals surface area contributed by atoms with E-state index in [1.807, 2.05) is 18.2 Å². The number of imidazole rings is 1. The maximum absolute atomic E-state index is 5.33. The van der Waals surface area contributed by atoms with Gasteiger partial charge in [-0.1, -0.05) is 30.3 Å². The highest BCUT2D eigenvalue weighted by Gasteiger charge is 2.18. The number of H-pyrrole nitrogens is 2. The van der Waals surface area contributed by atoms with Gasteiger partial charge in [0, 0.05) is 33.8 Å². The molecule has 0 fully saturated rings. The number of fused-ring (bicyclic) bond motifs is 1. The third-order valence-corrected chi connectivity index (χ3v) is 5.71.